The maximum Gasteiger partial charge on any atom is 0.128 e. The lowest BCUT2D eigenvalue weighted by Gasteiger charge is -2.19. The summed E-state index contributed by atoms with van der Waals surface area (Å²) in [5.74, 6) is 0.371. The van der Waals surface area contributed by atoms with Crippen LogP contribution in [0.15, 0.2) is 29.8 Å². The second-order valence-corrected chi connectivity index (χ2v) is 4.96. The van der Waals surface area contributed by atoms with Crippen molar-refractivity contribution in [2.24, 2.45) is 0 Å². The Labute approximate surface area is 99.2 Å². The number of fused-ring (bicyclic) bond motifs is 1. The number of aryl methyl sites for hydroxylation is 1. The van der Waals surface area contributed by atoms with E-state index in [2.05, 4.69) is 6.07 Å². The average Bonchev–Trinajstić information content (AvgIpc) is 2.29. The average molecular weight is 236 g/mol. The highest BCUT2D eigenvalue weighted by Crippen LogP contribution is 2.32. The van der Waals surface area contributed by atoms with E-state index in [1.807, 2.05) is 24.5 Å². The van der Waals surface area contributed by atoms with Crippen LogP contribution in [0, 0.1) is 0 Å². The third-order valence-electron chi connectivity index (χ3n) is 2.63. The molecule has 0 aliphatic heterocycles. The minimum atomic E-state index is 0.371. The molecule has 0 radical (unpaired) electrons. The van der Waals surface area contributed by atoms with E-state index in [4.69, 9.17) is 12.2 Å². The van der Waals surface area contributed by atoms with Crippen LogP contribution < -0.4 is 0 Å². The van der Waals surface area contributed by atoms with E-state index in [-0.39, 0.29) is 0 Å². The van der Waals surface area contributed by atoms with Gasteiger partial charge in [0.15, 0.2) is 0 Å². The minimum Gasteiger partial charge on any atom is -0.507 e. The molecule has 0 atom stereocenters. The zero-order valence-electron chi connectivity index (χ0n) is 8.49. The quantitative estimate of drug-likeness (QED) is 0.752. The van der Waals surface area contributed by atoms with Crippen molar-refractivity contribution in [1.29, 1.82) is 0 Å². The predicted octanol–water partition coefficient (Wildman–Crippen LogP) is 3.59. The van der Waals surface area contributed by atoms with Gasteiger partial charge in [0, 0.05) is 11.1 Å². The summed E-state index contributed by atoms with van der Waals surface area (Å²) in [6, 6.07) is 7.96. The fourth-order valence-corrected chi connectivity index (χ4v) is 2.48. The van der Waals surface area contributed by atoms with Gasteiger partial charge in [-0.25, -0.2) is 0 Å². The van der Waals surface area contributed by atoms with Gasteiger partial charge in [0.05, 0.1) is 4.20 Å². The molecule has 0 spiro atoms. The van der Waals surface area contributed by atoms with E-state index in [1.54, 1.807) is 0 Å². The van der Waals surface area contributed by atoms with Crippen molar-refractivity contribution in [1.82, 2.24) is 0 Å². The van der Waals surface area contributed by atoms with Crippen molar-refractivity contribution < 1.29 is 5.11 Å². The Morgan fingerprint density at radius 2 is 2.07 bits per heavy atom. The molecular weight excluding hydrogens is 224 g/mol. The Morgan fingerprint density at radius 3 is 2.80 bits per heavy atom. The number of hydrogen-bond acceptors (Lipinski definition) is 3. The van der Waals surface area contributed by atoms with Gasteiger partial charge in [-0.2, -0.15) is 0 Å². The van der Waals surface area contributed by atoms with Crippen LogP contribution in [0.3, 0.4) is 0 Å². The molecule has 0 bridgehead atoms. The molecule has 1 aliphatic rings. The first kappa shape index (κ1) is 10.7. The molecule has 1 nitrogen and oxygen atoms in total. The first-order chi connectivity index (χ1) is 7.24. The molecule has 1 aromatic rings. The van der Waals surface area contributed by atoms with E-state index in [1.165, 1.54) is 17.3 Å². The van der Waals surface area contributed by atoms with Crippen LogP contribution in [0.1, 0.15) is 17.5 Å². The molecule has 0 unspecified atom stereocenters. The van der Waals surface area contributed by atoms with Crippen LogP contribution in [-0.4, -0.2) is 15.6 Å². The fourth-order valence-electron chi connectivity index (χ4n) is 1.83. The van der Waals surface area contributed by atoms with E-state index in [9.17, 15) is 5.11 Å². The molecule has 2 rings (SSSR count). The second-order valence-electron chi connectivity index (χ2n) is 3.48. The van der Waals surface area contributed by atoms with Gasteiger partial charge in [0.25, 0.3) is 0 Å². The monoisotopic (exact) mass is 236 g/mol. The molecule has 3 heteroatoms. The molecule has 1 aliphatic carbocycles. The van der Waals surface area contributed by atoms with Crippen LogP contribution in [0.5, 0.6) is 0 Å². The summed E-state index contributed by atoms with van der Waals surface area (Å²) >= 11 is 6.75. The minimum absolute atomic E-state index is 0.371. The Balaban J connectivity index is 2.49. The van der Waals surface area contributed by atoms with E-state index < -0.39 is 0 Å². The first-order valence-electron chi connectivity index (χ1n) is 4.82. The Kier molecular flexibility index (Phi) is 3.12. The summed E-state index contributed by atoms with van der Waals surface area (Å²) in [5.41, 5.74) is 3.08. The largest absolute Gasteiger partial charge is 0.507 e. The highest BCUT2D eigenvalue weighted by Gasteiger charge is 2.19. The molecular formula is C12H12OS2. The highest BCUT2D eigenvalue weighted by molar-refractivity contribution is 8.23. The predicted molar refractivity (Wildman–Crippen MR) is 70.4 cm³/mol. The number of thiocarbonyl (C=S) groups is 1. The lowest BCUT2D eigenvalue weighted by Crippen LogP contribution is -2.08. The van der Waals surface area contributed by atoms with Gasteiger partial charge in [-0.3, -0.25) is 0 Å². The smallest absolute Gasteiger partial charge is 0.128 e. The standard InChI is InChI=1S/C12H12OS2/c1-15-12(14)10-7-6-8-4-2-3-5-9(8)11(10)13/h2-5,13H,6-7H2,1H3. The van der Waals surface area contributed by atoms with Crippen LogP contribution in [0.2, 0.25) is 0 Å². The normalized spacial score (nSPS) is 15.0. The van der Waals surface area contributed by atoms with Crippen molar-refractivity contribution in [2.75, 3.05) is 6.26 Å². The third-order valence-corrected chi connectivity index (χ3v) is 4.00. The molecule has 1 aromatic carbocycles. The summed E-state index contributed by atoms with van der Waals surface area (Å²) in [5, 5.41) is 10.1. The molecule has 78 valence electrons. The van der Waals surface area contributed by atoms with Gasteiger partial charge in [0.1, 0.15) is 5.76 Å². The SMILES string of the molecule is CSC(=S)C1=C(O)c2ccccc2CC1. The lowest BCUT2D eigenvalue weighted by atomic mass is 9.91. The van der Waals surface area contributed by atoms with Crippen LogP contribution >= 0.6 is 24.0 Å². The van der Waals surface area contributed by atoms with E-state index in [0.717, 1.165) is 28.2 Å². The molecule has 0 saturated carbocycles. The van der Waals surface area contributed by atoms with E-state index in [0.29, 0.717) is 5.76 Å². The fraction of sp³-hybridized carbons (Fsp3) is 0.250. The Hall–Kier alpha value is -0.800. The number of aliphatic hydroxyl groups is 1. The van der Waals surface area contributed by atoms with Gasteiger partial charge in [0.2, 0.25) is 0 Å². The van der Waals surface area contributed by atoms with Gasteiger partial charge in [-0.1, -0.05) is 36.5 Å². The molecule has 0 amide bonds. The summed E-state index contributed by atoms with van der Waals surface area (Å²) in [6.07, 6.45) is 3.77. The van der Waals surface area contributed by atoms with Gasteiger partial charge >= 0.3 is 0 Å². The summed E-state index contributed by atoms with van der Waals surface area (Å²) in [6.45, 7) is 0. The van der Waals surface area contributed by atoms with Crippen LogP contribution in [-0.2, 0) is 6.42 Å². The van der Waals surface area contributed by atoms with Gasteiger partial charge < -0.3 is 5.11 Å². The van der Waals surface area contributed by atoms with Crippen molar-refractivity contribution in [3.8, 4) is 0 Å². The Morgan fingerprint density at radius 1 is 1.33 bits per heavy atom. The lowest BCUT2D eigenvalue weighted by molar-refractivity contribution is 0.502. The van der Waals surface area contributed by atoms with E-state index >= 15 is 0 Å². The highest BCUT2D eigenvalue weighted by atomic mass is 32.2. The van der Waals surface area contributed by atoms with Crippen molar-refractivity contribution in [2.45, 2.75) is 12.8 Å². The summed E-state index contributed by atoms with van der Waals surface area (Å²) < 4.78 is 0.807. The number of benzene rings is 1. The molecule has 1 N–H and O–H groups in total. The molecule has 0 aromatic heterocycles. The second kappa shape index (κ2) is 4.37. The van der Waals surface area contributed by atoms with Crippen molar-refractivity contribution in [3.63, 3.8) is 0 Å². The number of thioether (sulfide) groups is 1. The summed E-state index contributed by atoms with van der Waals surface area (Å²) in [7, 11) is 0. The number of rotatable bonds is 1. The van der Waals surface area contributed by atoms with Crippen LogP contribution in [0.4, 0.5) is 0 Å². The molecule has 15 heavy (non-hydrogen) atoms. The first-order valence-corrected chi connectivity index (χ1v) is 6.46. The maximum absolute atomic E-state index is 10.1. The van der Waals surface area contributed by atoms with Crippen molar-refractivity contribution in [3.05, 3.63) is 41.0 Å². The van der Waals surface area contributed by atoms with Crippen molar-refractivity contribution >= 4 is 33.9 Å². The van der Waals surface area contributed by atoms with Crippen LogP contribution in [0.25, 0.3) is 5.76 Å². The molecule has 0 fully saturated rings. The number of aliphatic hydroxyl groups excluding tert-OH is 1. The Bertz CT molecular complexity index is 435. The molecule has 0 saturated heterocycles. The maximum atomic E-state index is 10.1. The topological polar surface area (TPSA) is 20.2 Å². The van der Waals surface area contributed by atoms with Gasteiger partial charge in [-0.15, -0.1) is 11.8 Å². The summed E-state index contributed by atoms with van der Waals surface area (Å²) in [4.78, 5) is 0. The van der Waals surface area contributed by atoms with Gasteiger partial charge in [-0.05, 0) is 24.7 Å². The third kappa shape index (κ3) is 1.94. The zero-order chi connectivity index (χ0) is 10.8. The number of hydrogen-bond donors (Lipinski definition) is 1. The molecule has 0 heterocycles. The zero-order valence-corrected chi connectivity index (χ0v) is 10.1.